The van der Waals surface area contributed by atoms with Crippen molar-refractivity contribution in [3.63, 3.8) is 0 Å². The van der Waals surface area contributed by atoms with Crippen LogP contribution in [0.25, 0.3) is 0 Å². The lowest BCUT2D eigenvalue weighted by molar-refractivity contribution is 0.502. The molecule has 0 amide bonds. The van der Waals surface area contributed by atoms with E-state index in [4.69, 9.17) is 5.73 Å². The number of rotatable bonds is 3. The van der Waals surface area contributed by atoms with E-state index in [2.05, 4.69) is 20.9 Å². The first-order chi connectivity index (χ1) is 11.2. The average Bonchev–Trinajstić information content (AvgIpc) is 2.57. The zero-order valence-electron chi connectivity index (χ0n) is 12.8. The summed E-state index contributed by atoms with van der Waals surface area (Å²) >= 11 is 0. The smallest absolute Gasteiger partial charge is 0.256 e. The molecule has 0 aliphatic carbocycles. The Labute approximate surface area is 134 Å². The molecule has 1 fully saturated rings. The molecule has 6 nitrogen and oxygen atoms in total. The van der Waals surface area contributed by atoms with Crippen LogP contribution in [0.2, 0.25) is 0 Å². The lowest BCUT2D eigenvalue weighted by atomic mass is 10.00. The molecule has 0 unspecified atom stereocenters. The Kier molecular flexibility index (Phi) is 4.40. The summed E-state index contributed by atoms with van der Waals surface area (Å²) in [4.78, 5) is 21.4. The van der Waals surface area contributed by atoms with Crippen molar-refractivity contribution < 1.29 is 0 Å². The summed E-state index contributed by atoms with van der Waals surface area (Å²) in [5.41, 5.74) is 7.88. The van der Waals surface area contributed by atoms with Crippen molar-refractivity contribution in [2.24, 2.45) is 5.73 Å². The van der Waals surface area contributed by atoms with Gasteiger partial charge in [-0.05, 0) is 24.5 Å². The molecule has 118 valence electrons. The first-order valence-corrected chi connectivity index (χ1v) is 7.74. The monoisotopic (exact) mass is 309 g/mol. The molecule has 3 N–H and O–H groups in total. The molecule has 0 bridgehead atoms. The summed E-state index contributed by atoms with van der Waals surface area (Å²) in [7, 11) is 0. The number of hydrogen-bond acceptors (Lipinski definition) is 5. The molecule has 1 saturated heterocycles. The molecular weight excluding hydrogens is 290 g/mol. The molecule has 1 aliphatic rings. The Morgan fingerprint density at radius 1 is 1.43 bits per heavy atom. The minimum Gasteiger partial charge on any atom is -0.355 e. The molecular formula is C17H19N5O. The van der Waals surface area contributed by atoms with Gasteiger partial charge in [-0.25, -0.2) is 4.98 Å². The molecule has 2 aromatic rings. The Hall–Kier alpha value is -2.65. The summed E-state index contributed by atoms with van der Waals surface area (Å²) in [5, 5.41) is 9.24. The average molecular weight is 309 g/mol. The lowest BCUT2D eigenvalue weighted by Crippen LogP contribution is -2.44. The van der Waals surface area contributed by atoms with E-state index in [1.165, 1.54) is 6.33 Å². The highest BCUT2D eigenvalue weighted by molar-refractivity contribution is 5.50. The van der Waals surface area contributed by atoms with Gasteiger partial charge in [-0.1, -0.05) is 18.2 Å². The van der Waals surface area contributed by atoms with Gasteiger partial charge in [0.15, 0.2) is 0 Å². The fourth-order valence-electron chi connectivity index (χ4n) is 3.03. The van der Waals surface area contributed by atoms with Gasteiger partial charge in [0.2, 0.25) is 0 Å². The number of aromatic amines is 1. The standard InChI is InChI=1S/C17H19N5O/c18-9-13-5-2-1-4-12(13)8-15-16(20-11-21-17(15)23)22-7-3-6-14(19)10-22/h1-2,4-5,11,14H,3,6-8,10,19H2,(H,20,21,23)/t14-/m0/s1. The van der Waals surface area contributed by atoms with Crippen molar-refractivity contribution in [1.29, 1.82) is 5.26 Å². The predicted molar refractivity (Wildman–Crippen MR) is 88.2 cm³/mol. The van der Waals surface area contributed by atoms with Crippen molar-refractivity contribution in [2.75, 3.05) is 18.0 Å². The second-order valence-electron chi connectivity index (χ2n) is 5.83. The Balaban J connectivity index is 1.99. The topological polar surface area (TPSA) is 98.8 Å². The van der Waals surface area contributed by atoms with Crippen LogP contribution in [0.5, 0.6) is 0 Å². The predicted octanol–water partition coefficient (Wildman–Crippen LogP) is 1.16. The van der Waals surface area contributed by atoms with E-state index in [1.54, 1.807) is 6.07 Å². The number of aromatic nitrogens is 2. The van der Waals surface area contributed by atoms with E-state index in [0.717, 1.165) is 24.9 Å². The fourth-order valence-corrected chi connectivity index (χ4v) is 3.03. The number of piperidine rings is 1. The van der Waals surface area contributed by atoms with Gasteiger partial charge in [-0.2, -0.15) is 5.26 Å². The highest BCUT2D eigenvalue weighted by Gasteiger charge is 2.22. The zero-order chi connectivity index (χ0) is 16.2. The fraction of sp³-hybridized carbons (Fsp3) is 0.353. The molecule has 1 aromatic carbocycles. The van der Waals surface area contributed by atoms with Gasteiger partial charge >= 0.3 is 0 Å². The molecule has 6 heteroatoms. The van der Waals surface area contributed by atoms with Crippen LogP contribution in [0.4, 0.5) is 5.82 Å². The van der Waals surface area contributed by atoms with Crippen LogP contribution in [-0.2, 0) is 6.42 Å². The van der Waals surface area contributed by atoms with Crippen LogP contribution in [0.1, 0.15) is 29.5 Å². The number of nitrogens with two attached hydrogens (primary N) is 1. The van der Waals surface area contributed by atoms with E-state index in [0.29, 0.717) is 29.9 Å². The number of nitrogens with one attached hydrogen (secondary N) is 1. The Morgan fingerprint density at radius 3 is 3.04 bits per heavy atom. The second kappa shape index (κ2) is 6.63. The van der Waals surface area contributed by atoms with Crippen molar-refractivity contribution in [2.45, 2.75) is 25.3 Å². The maximum Gasteiger partial charge on any atom is 0.256 e. The van der Waals surface area contributed by atoms with Crippen molar-refractivity contribution in [1.82, 2.24) is 9.97 Å². The van der Waals surface area contributed by atoms with Crippen LogP contribution in [0.15, 0.2) is 35.4 Å². The molecule has 1 atom stereocenters. The number of nitrogens with zero attached hydrogens (tertiary/aromatic N) is 3. The van der Waals surface area contributed by atoms with Crippen molar-refractivity contribution >= 4 is 5.82 Å². The first kappa shape index (κ1) is 15.3. The largest absolute Gasteiger partial charge is 0.355 e. The van der Waals surface area contributed by atoms with Crippen LogP contribution >= 0.6 is 0 Å². The van der Waals surface area contributed by atoms with Crippen LogP contribution in [0.3, 0.4) is 0 Å². The van der Waals surface area contributed by atoms with Gasteiger partial charge in [0, 0.05) is 25.6 Å². The van der Waals surface area contributed by atoms with Crippen LogP contribution < -0.4 is 16.2 Å². The molecule has 23 heavy (non-hydrogen) atoms. The van der Waals surface area contributed by atoms with Crippen LogP contribution in [0, 0.1) is 11.3 Å². The molecule has 0 saturated carbocycles. The maximum atomic E-state index is 12.3. The van der Waals surface area contributed by atoms with E-state index in [9.17, 15) is 10.1 Å². The van der Waals surface area contributed by atoms with Gasteiger partial charge in [0.05, 0.1) is 23.5 Å². The number of benzene rings is 1. The highest BCUT2D eigenvalue weighted by atomic mass is 16.1. The van der Waals surface area contributed by atoms with Gasteiger partial charge < -0.3 is 15.6 Å². The summed E-state index contributed by atoms with van der Waals surface area (Å²) < 4.78 is 0. The summed E-state index contributed by atoms with van der Waals surface area (Å²) in [6.45, 7) is 1.54. The third-order valence-corrected chi connectivity index (χ3v) is 4.19. The molecule has 2 heterocycles. The number of nitriles is 1. The summed E-state index contributed by atoms with van der Waals surface area (Å²) in [6.07, 6.45) is 3.79. The number of hydrogen-bond donors (Lipinski definition) is 2. The van der Waals surface area contributed by atoms with E-state index in [1.807, 2.05) is 18.2 Å². The number of anilines is 1. The molecule has 1 aromatic heterocycles. The third-order valence-electron chi connectivity index (χ3n) is 4.19. The quantitative estimate of drug-likeness (QED) is 0.886. The molecule has 0 radical (unpaired) electrons. The summed E-state index contributed by atoms with van der Waals surface area (Å²) in [5.74, 6) is 0.677. The van der Waals surface area contributed by atoms with Crippen LogP contribution in [-0.4, -0.2) is 29.1 Å². The molecule has 0 spiro atoms. The number of H-pyrrole nitrogens is 1. The minimum atomic E-state index is -0.165. The van der Waals surface area contributed by atoms with Gasteiger partial charge in [0.25, 0.3) is 5.56 Å². The van der Waals surface area contributed by atoms with Gasteiger partial charge in [-0.3, -0.25) is 4.79 Å². The summed E-state index contributed by atoms with van der Waals surface area (Å²) in [6, 6.07) is 9.60. The maximum absolute atomic E-state index is 12.3. The van der Waals surface area contributed by atoms with Crippen molar-refractivity contribution in [3.05, 3.63) is 57.6 Å². The third kappa shape index (κ3) is 3.25. The SMILES string of the molecule is N#Cc1ccccc1Cc1c(N2CCC[C@H](N)C2)nc[nH]c1=O. The molecule has 1 aliphatic heterocycles. The van der Waals surface area contributed by atoms with E-state index < -0.39 is 0 Å². The normalized spacial score (nSPS) is 17.7. The van der Waals surface area contributed by atoms with E-state index >= 15 is 0 Å². The lowest BCUT2D eigenvalue weighted by Gasteiger charge is -2.32. The van der Waals surface area contributed by atoms with Crippen molar-refractivity contribution in [3.8, 4) is 6.07 Å². The van der Waals surface area contributed by atoms with E-state index in [-0.39, 0.29) is 11.6 Å². The Bertz CT molecular complexity index is 792. The highest BCUT2D eigenvalue weighted by Crippen LogP contribution is 2.22. The minimum absolute atomic E-state index is 0.101. The molecule has 3 rings (SSSR count). The van der Waals surface area contributed by atoms with Gasteiger partial charge in [0.1, 0.15) is 5.82 Å². The van der Waals surface area contributed by atoms with Gasteiger partial charge in [-0.15, -0.1) is 0 Å². The first-order valence-electron chi connectivity index (χ1n) is 7.74. The zero-order valence-corrected chi connectivity index (χ0v) is 12.8. The Morgan fingerprint density at radius 2 is 2.26 bits per heavy atom. The second-order valence-corrected chi connectivity index (χ2v) is 5.83.